The third kappa shape index (κ3) is 3.16. The van der Waals surface area contributed by atoms with Crippen molar-refractivity contribution in [3.63, 3.8) is 0 Å². The van der Waals surface area contributed by atoms with Crippen LogP contribution in [-0.2, 0) is 0 Å². The fourth-order valence-electron chi connectivity index (χ4n) is 2.60. The normalized spacial score (nSPS) is 21.7. The number of rotatable bonds is 6. The van der Waals surface area contributed by atoms with Crippen LogP contribution in [0, 0.1) is 22.0 Å². The molecule has 2 unspecified atom stereocenters. The van der Waals surface area contributed by atoms with Gasteiger partial charge in [0, 0.05) is 12.1 Å². The Kier molecular flexibility index (Phi) is 4.73. The smallest absolute Gasteiger partial charge is 0.331 e. The minimum atomic E-state index is -0.503. The molecule has 1 fully saturated rings. The average molecular weight is 281 g/mol. The Balaban J connectivity index is 2.09. The molecule has 110 valence electrons. The van der Waals surface area contributed by atoms with Crippen molar-refractivity contribution in [2.24, 2.45) is 17.6 Å². The van der Waals surface area contributed by atoms with E-state index >= 15 is 0 Å². The summed E-state index contributed by atoms with van der Waals surface area (Å²) in [7, 11) is 1.46. The van der Waals surface area contributed by atoms with Crippen LogP contribution in [0.3, 0.4) is 0 Å². The van der Waals surface area contributed by atoms with E-state index in [4.69, 9.17) is 15.2 Å². The zero-order valence-corrected chi connectivity index (χ0v) is 11.4. The second kappa shape index (κ2) is 6.51. The van der Waals surface area contributed by atoms with Crippen LogP contribution in [0.25, 0.3) is 0 Å². The van der Waals surface area contributed by atoms with E-state index in [2.05, 4.69) is 4.98 Å². The first kappa shape index (κ1) is 14.5. The van der Waals surface area contributed by atoms with Gasteiger partial charge in [-0.05, 0) is 31.2 Å². The molecule has 1 aliphatic carbocycles. The molecule has 2 atom stereocenters. The molecule has 1 aliphatic rings. The summed E-state index contributed by atoms with van der Waals surface area (Å²) < 4.78 is 10.5. The van der Waals surface area contributed by atoms with Crippen molar-refractivity contribution in [1.82, 2.24) is 4.98 Å². The molecule has 1 aromatic heterocycles. The van der Waals surface area contributed by atoms with Crippen LogP contribution in [-0.4, -0.2) is 30.2 Å². The van der Waals surface area contributed by atoms with Crippen molar-refractivity contribution in [3.8, 4) is 11.8 Å². The number of hydrogen-bond acceptors (Lipinski definition) is 6. The number of hydrogen-bond donors (Lipinski definition) is 1. The molecule has 0 aliphatic heterocycles. The van der Waals surface area contributed by atoms with Crippen molar-refractivity contribution >= 4 is 5.69 Å². The molecule has 0 saturated heterocycles. The van der Waals surface area contributed by atoms with Gasteiger partial charge in [0.05, 0.1) is 18.6 Å². The third-order valence-corrected chi connectivity index (χ3v) is 3.77. The molecular weight excluding hydrogens is 262 g/mol. The maximum atomic E-state index is 11.0. The zero-order valence-electron chi connectivity index (χ0n) is 11.4. The van der Waals surface area contributed by atoms with E-state index in [1.165, 1.54) is 19.2 Å². The molecule has 1 saturated carbocycles. The van der Waals surface area contributed by atoms with Gasteiger partial charge < -0.3 is 15.2 Å². The fourth-order valence-corrected chi connectivity index (χ4v) is 2.60. The maximum Gasteiger partial charge on any atom is 0.331 e. The Morgan fingerprint density at radius 3 is 2.85 bits per heavy atom. The highest BCUT2D eigenvalue weighted by Gasteiger charge is 2.28. The van der Waals surface area contributed by atoms with Gasteiger partial charge in [-0.2, -0.15) is 4.98 Å². The van der Waals surface area contributed by atoms with E-state index in [0.29, 0.717) is 30.9 Å². The predicted octanol–water partition coefficient (Wildman–Crippen LogP) is 1.75. The van der Waals surface area contributed by atoms with Crippen LogP contribution in [0.15, 0.2) is 12.1 Å². The number of methoxy groups -OCH3 is 1. The summed E-state index contributed by atoms with van der Waals surface area (Å²) >= 11 is 0. The number of ether oxygens (including phenoxy) is 2. The molecule has 0 bridgehead atoms. The first-order valence-electron chi connectivity index (χ1n) is 6.68. The Labute approximate surface area is 117 Å². The minimum absolute atomic E-state index is 0.0111. The van der Waals surface area contributed by atoms with Crippen molar-refractivity contribution in [3.05, 3.63) is 22.2 Å². The second-order valence-corrected chi connectivity index (χ2v) is 4.93. The number of nitrogens with two attached hydrogens (primary N) is 1. The average Bonchev–Trinajstić information content (AvgIpc) is 2.91. The van der Waals surface area contributed by atoms with Gasteiger partial charge in [0.15, 0.2) is 0 Å². The van der Waals surface area contributed by atoms with Gasteiger partial charge in [-0.1, -0.05) is 6.42 Å². The third-order valence-electron chi connectivity index (χ3n) is 3.77. The molecule has 7 heteroatoms. The summed E-state index contributed by atoms with van der Waals surface area (Å²) in [5.74, 6) is 1.08. The Bertz CT molecular complexity index is 481. The van der Waals surface area contributed by atoms with E-state index < -0.39 is 4.92 Å². The van der Waals surface area contributed by atoms with Crippen LogP contribution in [0.2, 0.25) is 0 Å². The van der Waals surface area contributed by atoms with E-state index in [0.717, 1.165) is 19.3 Å². The molecule has 1 heterocycles. The van der Waals surface area contributed by atoms with Crippen molar-refractivity contribution in [2.75, 3.05) is 20.3 Å². The molecule has 0 spiro atoms. The van der Waals surface area contributed by atoms with Crippen LogP contribution < -0.4 is 15.2 Å². The van der Waals surface area contributed by atoms with Crippen molar-refractivity contribution in [2.45, 2.75) is 19.3 Å². The van der Waals surface area contributed by atoms with Crippen molar-refractivity contribution in [1.29, 1.82) is 0 Å². The lowest BCUT2D eigenvalue weighted by atomic mass is 9.97. The molecule has 1 aromatic rings. The van der Waals surface area contributed by atoms with Gasteiger partial charge in [-0.15, -0.1) is 0 Å². The number of aromatic nitrogens is 1. The number of nitrogens with zero attached hydrogens (tertiary/aromatic N) is 2. The van der Waals surface area contributed by atoms with Gasteiger partial charge >= 0.3 is 5.69 Å². The topological polar surface area (TPSA) is 101 Å². The van der Waals surface area contributed by atoms with Crippen molar-refractivity contribution < 1.29 is 14.4 Å². The van der Waals surface area contributed by atoms with Crippen LogP contribution >= 0.6 is 0 Å². The first-order valence-corrected chi connectivity index (χ1v) is 6.68. The van der Waals surface area contributed by atoms with Gasteiger partial charge in [0.2, 0.25) is 5.88 Å². The SMILES string of the molecule is COc1ccc([N+](=O)[O-])c(OCC2CCCC2CN)n1. The minimum Gasteiger partial charge on any atom is -0.481 e. The van der Waals surface area contributed by atoms with E-state index in [-0.39, 0.29) is 11.6 Å². The lowest BCUT2D eigenvalue weighted by Gasteiger charge is -2.17. The number of nitro groups is 1. The van der Waals surface area contributed by atoms with Gasteiger partial charge in [0.1, 0.15) is 0 Å². The second-order valence-electron chi connectivity index (χ2n) is 4.93. The highest BCUT2D eigenvalue weighted by molar-refractivity contribution is 5.42. The summed E-state index contributed by atoms with van der Waals surface area (Å²) in [6.45, 7) is 1.03. The molecular formula is C13H19N3O4. The molecule has 2 N–H and O–H groups in total. The number of pyridine rings is 1. The van der Waals surface area contributed by atoms with Crippen LogP contribution in [0.4, 0.5) is 5.69 Å². The standard InChI is InChI=1S/C13H19N3O4/c1-19-12-6-5-11(16(17)18)13(15-12)20-8-10-4-2-3-9(10)7-14/h5-6,9-10H,2-4,7-8,14H2,1H3. The monoisotopic (exact) mass is 281 g/mol. The van der Waals surface area contributed by atoms with Gasteiger partial charge in [-0.3, -0.25) is 10.1 Å². The van der Waals surface area contributed by atoms with E-state index in [1.54, 1.807) is 0 Å². The summed E-state index contributed by atoms with van der Waals surface area (Å²) in [5.41, 5.74) is 5.57. The maximum absolute atomic E-state index is 11.0. The van der Waals surface area contributed by atoms with Crippen LogP contribution in [0.5, 0.6) is 11.8 Å². The first-order chi connectivity index (χ1) is 9.65. The zero-order chi connectivity index (χ0) is 14.5. The highest BCUT2D eigenvalue weighted by Crippen LogP contribution is 2.33. The fraction of sp³-hybridized carbons (Fsp3) is 0.615. The lowest BCUT2D eigenvalue weighted by molar-refractivity contribution is -0.386. The quantitative estimate of drug-likeness (QED) is 0.629. The summed E-state index contributed by atoms with van der Waals surface area (Å²) in [6, 6.07) is 2.79. The van der Waals surface area contributed by atoms with Crippen LogP contribution in [0.1, 0.15) is 19.3 Å². The van der Waals surface area contributed by atoms with Gasteiger partial charge in [-0.25, -0.2) is 0 Å². The van der Waals surface area contributed by atoms with E-state index in [9.17, 15) is 10.1 Å². The predicted molar refractivity (Wildman–Crippen MR) is 72.8 cm³/mol. The molecule has 7 nitrogen and oxygen atoms in total. The Hall–Kier alpha value is -1.89. The molecule has 0 aromatic carbocycles. The summed E-state index contributed by atoms with van der Waals surface area (Å²) in [5, 5.41) is 11.0. The van der Waals surface area contributed by atoms with E-state index in [1.807, 2.05) is 0 Å². The molecule has 0 radical (unpaired) electrons. The molecule has 2 rings (SSSR count). The summed E-state index contributed by atoms with van der Waals surface area (Å²) in [4.78, 5) is 14.5. The highest BCUT2D eigenvalue weighted by atomic mass is 16.6. The molecule has 0 amide bonds. The van der Waals surface area contributed by atoms with Gasteiger partial charge in [0.25, 0.3) is 5.88 Å². The Morgan fingerprint density at radius 1 is 1.45 bits per heavy atom. The lowest BCUT2D eigenvalue weighted by Crippen LogP contribution is -2.23. The molecule has 20 heavy (non-hydrogen) atoms. The Morgan fingerprint density at radius 2 is 2.20 bits per heavy atom. The summed E-state index contributed by atoms with van der Waals surface area (Å²) in [6.07, 6.45) is 3.27. The largest absolute Gasteiger partial charge is 0.481 e.